The van der Waals surface area contributed by atoms with E-state index in [1.807, 2.05) is 0 Å². The fourth-order valence-electron chi connectivity index (χ4n) is 0.899. The molecule has 0 radical (unpaired) electrons. The minimum atomic E-state index is -0.482. The van der Waals surface area contributed by atoms with E-state index in [-0.39, 0.29) is 12.2 Å². The van der Waals surface area contributed by atoms with Crippen LogP contribution in [0, 0.1) is 5.82 Å². The molecule has 0 aliphatic carbocycles. The highest BCUT2D eigenvalue weighted by molar-refractivity contribution is 6.29. The molecule has 0 atom stereocenters. The summed E-state index contributed by atoms with van der Waals surface area (Å²) in [7, 11) is 0. The summed E-state index contributed by atoms with van der Waals surface area (Å²) in [5.74, 6) is -0.188. The first kappa shape index (κ1) is 10.7. The van der Waals surface area contributed by atoms with E-state index >= 15 is 0 Å². The van der Waals surface area contributed by atoms with Crippen molar-refractivity contribution in [3.63, 3.8) is 0 Å². The van der Waals surface area contributed by atoms with Gasteiger partial charge in [-0.2, -0.15) is 0 Å². The third kappa shape index (κ3) is 2.85. The summed E-state index contributed by atoms with van der Waals surface area (Å²) in [5.41, 5.74) is 0.155. The van der Waals surface area contributed by atoms with E-state index in [0.717, 1.165) is 6.07 Å². The van der Waals surface area contributed by atoms with E-state index in [4.69, 9.17) is 16.3 Å². The maximum absolute atomic E-state index is 12.7. The van der Waals surface area contributed by atoms with Crippen LogP contribution in [-0.4, -0.2) is 12.9 Å². The minimum Gasteiger partial charge on any atom is -0.487 e. The molecule has 0 amide bonds. The van der Waals surface area contributed by atoms with Gasteiger partial charge in [-0.05, 0) is 18.2 Å². The predicted octanol–water partition coefficient (Wildman–Crippen LogP) is 2.77. The third-order valence-electron chi connectivity index (χ3n) is 1.48. The van der Waals surface area contributed by atoms with Gasteiger partial charge in [0.05, 0.1) is 5.56 Å². The van der Waals surface area contributed by atoms with E-state index in [9.17, 15) is 9.18 Å². The van der Waals surface area contributed by atoms with Crippen LogP contribution in [0.25, 0.3) is 0 Å². The van der Waals surface area contributed by atoms with Crippen molar-refractivity contribution in [2.75, 3.05) is 6.61 Å². The normalized spacial score (nSPS) is 9.57. The molecule has 1 aromatic rings. The van der Waals surface area contributed by atoms with Gasteiger partial charge in [-0.3, -0.25) is 4.79 Å². The number of ether oxygens (including phenoxy) is 1. The van der Waals surface area contributed by atoms with Gasteiger partial charge in [0.25, 0.3) is 0 Å². The van der Waals surface area contributed by atoms with Gasteiger partial charge < -0.3 is 4.74 Å². The molecule has 2 nitrogen and oxygen atoms in total. The Balaban J connectivity index is 2.85. The number of aldehydes is 1. The average molecular weight is 215 g/mol. The third-order valence-corrected chi connectivity index (χ3v) is 1.59. The lowest BCUT2D eigenvalue weighted by Gasteiger charge is -2.06. The second-order valence-corrected chi connectivity index (χ2v) is 3.14. The Morgan fingerprint density at radius 1 is 1.64 bits per heavy atom. The van der Waals surface area contributed by atoms with Crippen LogP contribution in [0.4, 0.5) is 4.39 Å². The zero-order valence-electron chi connectivity index (χ0n) is 7.30. The second-order valence-electron chi connectivity index (χ2n) is 2.61. The lowest BCUT2D eigenvalue weighted by atomic mass is 10.2. The molecule has 0 fully saturated rings. The van der Waals surface area contributed by atoms with Crippen LogP contribution in [0.15, 0.2) is 29.8 Å². The Bertz CT molecular complexity index is 363. The summed E-state index contributed by atoms with van der Waals surface area (Å²) in [4.78, 5) is 10.5. The largest absolute Gasteiger partial charge is 0.487 e. The number of benzene rings is 1. The maximum Gasteiger partial charge on any atom is 0.153 e. The van der Waals surface area contributed by atoms with E-state index < -0.39 is 5.82 Å². The first-order valence-corrected chi connectivity index (χ1v) is 4.22. The van der Waals surface area contributed by atoms with Crippen LogP contribution in [0.3, 0.4) is 0 Å². The van der Waals surface area contributed by atoms with Crippen molar-refractivity contribution in [1.29, 1.82) is 0 Å². The molecule has 1 aromatic carbocycles. The predicted molar refractivity (Wildman–Crippen MR) is 52.3 cm³/mol. The summed E-state index contributed by atoms with van der Waals surface area (Å²) in [6.07, 6.45) is 0.523. The summed E-state index contributed by atoms with van der Waals surface area (Å²) in [6.45, 7) is 3.51. The lowest BCUT2D eigenvalue weighted by molar-refractivity contribution is 0.111. The van der Waals surface area contributed by atoms with Gasteiger partial charge in [-0.25, -0.2) is 4.39 Å². The molecular weight excluding hydrogens is 207 g/mol. The maximum atomic E-state index is 12.7. The Hall–Kier alpha value is -1.35. The van der Waals surface area contributed by atoms with E-state index in [0.29, 0.717) is 17.1 Å². The minimum absolute atomic E-state index is 0.0913. The Morgan fingerprint density at radius 3 is 2.93 bits per heavy atom. The number of rotatable bonds is 4. The summed E-state index contributed by atoms with van der Waals surface area (Å²) in [5, 5.41) is 0.311. The van der Waals surface area contributed by atoms with Crippen molar-refractivity contribution >= 4 is 17.9 Å². The molecule has 14 heavy (non-hydrogen) atoms. The summed E-state index contributed by atoms with van der Waals surface area (Å²) < 4.78 is 17.8. The molecule has 0 bridgehead atoms. The Morgan fingerprint density at radius 2 is 2.36 bits per heavy atom. The first-order valence-electron chi connectivity index (χ1n) is 3.84. The van der Waals surface area contributed by atoms with Gasteiger partial charge in [0.15, 0.2) is 6.29 Å². The van der Waals surface area contributed by atoms with Gasteiger partial charge in [0, 0.05) is 5.03 Å². The van der Waals surface area contributed by atoms with Crippen LogP contribution in [0.1, 0.15) is 10.4 Å². The van der Waals surface area contributed by atoms with Crippen LogP contribution < -0.4 is 4.74 Å². The van der Waals surface area contributed by atoms with Crippen LogP contribution in [0.2, 0.25) is 0 Å². The van der Waals surface area contributed by atoms with Gasteiger partial charge in [0.1, 0.15) is 18.2 Å². The highest BCUT2D eigenvalue weighted by atomic mass is 35.5. The second kappa shape index (κ2) is 4.77. The van der Waals surface area contributed by atoms with Crippen molar-refractivity contribution in [2.45, 2.75) is 0 Å². The number of hydrogen-bond donors (Lipinski definition) is 0. The summed E-state index contributed by atoms with van der Waals surface area (Å²) >= 11 is 5.47. The first-order chi connectivity index (χ1) is 6.63. The molecule has 1 rings (SSSR count). The fraction of sp³-hybridized carbons (Fsp3) is 0.100. The number of halogens is 2. The Kier molecular flexibility index (Phi) is 3.65. The van der Waals surface area contributed by atoms with E-state index in [2.05, 4.69) is 6.58 Å². The zero-order chi connectivity index (χ0) is 10.6. The van der Waals surface area contributed by atoms with Crippen molar-refractivity contribution in [2.24, 2.45) is 0 Å². The quantitative estimate of drug-likeness (QED) is 0.721. The van der Waals surface area contributed by atoms with Crippen molar-refractivity contribution in [3.8, 4) is 5.75 Å². The molecule has 0 N–H and O–H groups in total. The molecular formula is C10H8ClFO2. The monoisotopic (exact) mass is 214 g/mol. The van der Waals surface area contributed by atoms with E-state index in [1.165, 1.54) is 12.1 Å². The van der Waals surface area contributed by atoms with Crippen molar-refractivity contribution in [1.82, 2.24) is 0 Å². The van der Waals surface area contributed by atoms with Gasteiger partial charge in [-0.15, -0.1) is 0 Å². The average Bonchev–Trinajstić information content (AvgIpc) is 2.15. The van der Waals surface area contributed by atoms with Gasteiger partial charge >= 0.3 is 0 Å². The highest BCUT2D eigenvalue weighted by Gasteiger charge is 2.04. The number of carbonyl (C=O) groups excluding carboxylic acids is 1. The standard InChI is InChI=1S/C10H8ClFO2/c1-7(11)6-14-10-3-2-9(12)4-8(10)5-13/h2-5H,1,6H2. The van der Waals surface area contributed by atoms with Gasteiger partial charge in [-0.1, -0.05) is 18.2 Å². The molecule has 74 valence electrons. The number of carbonyl (C=O) groups is 1. The molecule has 0 aliphatic rings. The summed E-state index contributed by atoms with van der Waals surface area (Å²) in [6, 6.07) is 3.68. The van der Waals surface area contributed by atoms with E-state index in [1.54, 1.807) is 0 Å². The molecule has 0 saturated carbocycles. The topological polar surface area (TPSA) is 26.3 Å². The smallest absolute Gasteiger partial charge is 0.153 e. The molecule has 0 aliphatic heterocycles. The van der Waals surface area contributed by atoms with Crippen molar-refractivity contribution in [3.05, 3.63) is 41.2 Å². The SMILES string of the molecule is C=C(Cl)COc1ccc(F)cc1C=O. The fourth-order valence-corrected chi connectivity index (χ4v) is 0.953. The molecule has 4 heteroatoms. The number of hydrogen-bond acceptors (Lipinski definition) is 2. The molecule has 0 saturated heterocycles. The van der Waals surface area contributed by atoms with Crippen LogP contribution >= 0.6 is 11.6 Å². The molecule has 0 spiro atoms. The van der Waals surface area contributed by atoms with Gasteiger partial charge in [0.2, 0.25) is 0 Å². The zero-order valence-corrected chi connectivity index (χ0v) is 8.05. The highest BCUT2D eigenvalue weighted by Crippen LogP contribution is 2.18. The molecule has 0 unspecified atom stereocenters. The van der Waals surface area contributed by atoms with Crippen LogP contribution in [-0.2, 0) is 0 Å². The molecule has 0 heterocycles. The van der Waals surface area contributed by atoms with Crippen LogP contribution in [0.5, 0.6) is 5.75 Å². The molecule has 0 aromatic heterocycles. The Labute approximate surface area is 85.9 Å². The lowest BCUT2D eigenvalue weighted by Crippen LogP contribution is -1.99. The van der Waals surface area contributed by atoms with Crippen molar-refractivity contribution < 1.29 is 13.9 Å².